The minimum Gasteiger partial charge on any atom is -0.469 e. The Kier molecular flexibility index (Phi) is 9.18. The lowest BCUT2D eigenvalue weighted by molar-refractivity contribution is -0.142. The number of rotatable bonds is 9. The predicted octanol–water partition coefficient (Wildman–Crippen LogP) is 0.927. The van der Waals surface area contributed by atoms with Crippen LogP contribution in [-0.4, -0.2) is 45.2 Å². The molecular formula is C11H23NO4. The molecule has 0 aliphatic rings. The molecule has 0 heterocycles. The van der Waals surface area contributed by atoms with E-state index in [1.807, 2.05) is 20.8 Å². The van der Waals surface area contributed by atoms with E-state index >= 15 is 0 Å². The van der Waals surface area contributed by atoms with Gasteiger partial charge in [0.2, 0.25) is 0 Å². The van der Waals surface area contributed by atoms with E-state index < -0.39 is 0 Å². The number of ether oxygens (including phenoxy) is 3. The van der Waals surface area contributed by atoms with E-state index in [0.717, 1.165) is 0 Å². The van der Waals surface area contributed by atoms with Crippen molar-refractivity contribution < 1.29 is 19.0 Å². The predicted molar refractivity (Wildman–Crippen MR) is 61.1 cm³/mol. The summed E-state index contributed by atoms with van der Waals surface area (Å²) in [6, 6.07) is 0.0517. The first-order chi connectivity index (χ1) is 7.63. The molecule has 0 amide bonds. The zero-order valence-corrected chi connectivity index (χ0v) is 10.6. The van der Waals surface area contributed by atoms with Gasteiger partial charge in [0.1, 0.15) is 0 Å². The van der Waals surface area contributed by atoms with E-state index in [0.29, 0.717) is 26.2 Å². The van der Waals surface area contributed by atoms with Crippen molar-refractivity contribution in [3.63, 3.8) is 0 Å². The molecule has 96 valence electrons. The normalized spacial score (nSPS) is 12.8. The number of carbonyl (C=O) groups is 1. The molecule has 0 aliphatic heterocycles. The number of methoxy groups -OCH3 is 1. The van der Waals surface area contributed by atoms with Crippen LogP contribution in [0, 0.1) is 0 Å². The largest absolute Gasteiger partial charge is 0.469 e. The summed E-state index contributed by atoms with van der Waals surface area (Å²) < 4.78 is 15.3. The van der Waals surface area contributed by atoms with Crippen LogP contribution in [0.1, 0.15) is 27.2 Å². The number of hydrogen-bond acceptors (Lipinski definition) is 5. The SMILES string of the molecule is CCOC(CN[C@@H](C)CC(=O)OC)OCC. The minimum absolute atomic E-state index is 0.0517. The number of esters is 1. The second-order valence-corrected chi connectivity index (χ2v) is 3.43. The standard InChI is InChI=1S/C11H23NO4/c1-5-15-11(16-6-2)8-12-9(3)7-10(13)14-4/h9,11-12H,5-8H2,1-4H3/t9-/m0/s1. The lowest BCUT2D eigenvalue weighted by atomic mass is 10.2. The molecule has 0 radical (unpaired) electrons. The lowest BCUT2D eigenvalue weighted by Crippen LogP contribution is -2.37. The Hall–Kier alpha value is -0.650. The maximum atomic E-state index is 11.0. The summed E-state index contributed by atoms with van der Waals surface area (Å²) >= 11 is 0. The highest BCUT2D eigenvalue weighted by Crippen LogP contribution is 1.97. The Morgan fingerprint density at radius 1 is 1.25 bits per heavy atom. The van der Waals surface area contributed by atoms with Crippen molar-refractivity contribution in [3.8, 4) is 0 Å². The van der Waals surface area contributed by atoms with E-state index in [2.05, 4.69) is 10.1 Å². The van der Waals surface area contributed by atoms with Crippen molar-refractivity contribution in [2.45, 2.75) is 39.5 Å². The van der Waals surface area contributed by atoms with Gasteiger partial charge in [-0.3, -0.25) is 4.79 Å². The molecule has 16 heavy (non-hydrogen) atoms. The molecule has 0 saturated heterocycles. The summed E-state index contributed by atoms with van der Waals surface area (Å²) in [5.74, 6) is -0.218. The second-order valence-electron chi connectivity index (χ2n) is 3.43. The lowest BCUT2D eigenvalue weighted by Gasteiger charge is -2.20. The highest BCUT2D eigenvalue weighted by molar-refractivity contribution is 5.69. The summed E-state index contributed by atoms with van der Waals surface area (Å²) in [4.78, 5) is 11.0. The van der Waals surface area contributed by atoms with Gasteiger partial charge in [-0.1, -0.05) is 0 Å². The van der Waals surface area contributed by atoms with Crippen LogP contribution in [0.3, 0.4) is 0 Å². The Morgan fingerprint density at radius 3 is 2.25 bits per heavy atom. The molecule has 0 rings (SSSR count). The summed E-state index contributed by atoms with van der Waals surface area (Å²) in [7, 11) is 1.39. The molecule has 1 atom stereocenters. The summed E-state index contributed by atoms with van der Waals surface area (Å²) in [6.45, 7) is 7.55. The van der Waals surface area contributed by atoms with Crippen molar-refractivity contribution in [2.24, 2.45) is 0 Å². The van der Waals surface area contributed by atoms with Gasteiger partial charge in [-0.05, 0) is 20.8 Å². The molecule has 5 nitrogen and oxygen atoms in total. The van der Waals surface area contributed by atoms with Gasteiger partial charge in [-0.15, -0.1) is 0 Å². The van der Waals surface area contributed by atoms with Crippen LogP contribution in [-0.2, 0) is 19.0 Å². The molecule has 0 aromatic rings. The van der Waals surface area contributed by atoms with Gasteiger partial charge in [0.15, 0.2) is 6.29 Å². The Labute approximate surface area is 97.4 Å². The zero-order valence-electron chi connectivity index (χ0n) is 10.6. The maximum absolute atomic E-state index is 11.0. The first kappa shape index (κ1) is 15.3. The highest BCUT2D eigenvalue weighted by atomic mass is 16.7. The van der Waals surface area contributed by atoms with Crippen LogP contribution in [0.4, 0.5) is 0 Å². The Bertz CT molecular complexity index is 181. The molecule has 1 N–H and O–H groups in total. The van der Waals surface area contributed by atoms with E-state index in [1.54, 1.807) is 0 Å². The van der Waals surface area contributed by atoms with Gasteiger partial charge in [-0.2, -0.15) is 0 Å². The van der Waals surface area contributed by atoms with Crippen LogP contribution < -0.4 is 5.32 Å². The van der Waals surface area contributed by atoms with Crippen LogP contribution in [0.2, 0.25) is 0 Å². The van der Waals surface area contributed by atoms with Crippen molar-refractivity contribution in [1.29, 1.82) is 0 Å². The molecule has 0 fully saturated rings. The smallest absolute Gasteiger partial charge is 0.307 e. The zero-order chi connectivity index (χ0) is 12.4. The molecule has 0 unspecified atom stereocenters. The fourth-order valence-electron chi connectivity index (χ4n) is 1.24. The monoisotopic (exact) mass is 233 g/mol. The van der Waals surface area contributed by atoms with Gasteiger partial charge < -0.3 is 19.5 Å². The van der Waals surface area contributed by atoms with Crippen LogP contribution in [0.5, 0.6) is 0 Å². The second kappa shape index (κ2) is 9.57. The number of hydrogen-bond donors (Lipinski definition) is 1. The van der Waals surface area contributed by atoms with Crippen LogP contribution >= 0.6 is 0 Å². The van der Waals surface area contributed by atoms with E-state index in [-0.39, 0.29) is 18.3 Å². The third-order valence-electron chi connectivity index (χ3n) is 2.04. The summed E-state index contributed by atoms with van der Waals surface area (Å²) in [5.41, 5.74) is 0. The first-order valence-corrected chi connectivity index (χ1v) is 5.67. The van der Waals surface area contributed by atoms with Gasteiger partial charge in [-0.25, -0.2) is 0 Å². The third-order valence-corrected chi connectivity index (χ3v) is 2.04. The number of nitrogens with one attached hydrogen (secondary N) is 1. The molecule has 0 spiro atoms. The molecule has 0 aromatic carbocycles. The van der Waals surface area contributed by atoms with Crippen molar-refractivity contribution >= 4 is 5.97 Å². The van der Waals surface area contributed by atoms with E-state index in [1.165, 1.54) is 7.11 Å². The minimum atomic E-state index is -0.255. The van der Waals surface area contributed by atoms with Crippen molar-refractivity contribution in [3.05, 3.63) is 0 Å². The summed E-state index contributed by atoms with van der Waals surface area (Å²) in [5, 5.41) is 3.17. The highest BCUT2D eigenvalue weighted by Gasteiger charge is 2.12. The maximum Gasteiger partial charge on any atom is 0.307 e. The quantitative estimate of drug-likeness (QED) is 0.474. The first-order valence-electron chi connectivity index (χ1n) is 5.67. The molecule has 0 saturated carbocycles. The fraction of sp³-hybridized carbons (Fsp3) is 0.909. The van der Waals surface area contributed by atoms with Crippen molar-refractivity contribution in [1.82, 2.24) is 5.32 Å². The Morgan fingerprint density at radius 2 is 1.81 bits per heavy atom. The van der Waals surface area contributed by atoms with Gasteiger partial charge >= 0.3 is 5.97 Å². The Balaban J connectivity index is 3.76. The van der Waals surface area contributed by atoms with Gasteiger partial charge in [0.25, 0.3) is 0 Å². The average molecular weight is 233 g/mol. The van der Waals surface area contributed by atoms with E-state index in [9.17, 15) is 4.79 Å². The van der Waals surface area contributed by atoms with Gasteiger partial charge in [0.05, 0.1) is 13.5 Å². The molecular weight excluding hydrogens is 210 g/mol. The molecule has 5 heteroatoms. The fourth-order valence-corrected chi connectivity index (χ4v) is 1.24. The topological polar surface area (TPSA) is 56.8 Å². The van der Waals surface area contributed by atoms with Crippen LogP contribution in [0.15, 0.2) is 0 Å². The van der Waals surface area contributed by atoms with Gasteiger partial charge in [0, 0.05) is 25.8 Å². The molecule has 0 aromatic heterocycles. The number of carbonyl (C=O) groups excluding carboxylic acids is 1. The third kappa shape index (κ3) is 7.62. The average Bonchev–Trinajstić information content (AvgIpc) is 2.26. The van der Waals surface area contributed by atoms with E-state index in [4.69, 9.17) is 9.47 Å². The molecule has 0 bridgehead atoms. The molecule has 0 aliphatic carbocycles. The summed E-state index contributed by atoms with van der Waals surface area (Å²) in [6.07, 6.45) is 0.0941. The van der Waals surface area contributed by atoms with Crippen molar-refractivity contribution in [2.75, 3.05) is 26.9 Å². The van der Waals surface area contributed by atoms with Crippen LogP contribution in [0.25, 0.3) is 0 Å².